The van der Waals surface area contributed by atoms with Gasteiger partial charge in [0.1, 0.15) is 0 Å². The van der Waals surface area contributed by atoms with Crippen molar-refractivity contribution < 1.29 is 24.2 Å². The summed E-state index contributed by atoms with van der Waals surface area (Å²) in [7, 11) is 0. The number of allylic oxidation sites excluding steroid dienone is 2. The molecular weight excluding hydrogens is 731 g/mol. The van der Waals surface area contributed by atoms with Crippen LogP contribution in [0, 0.1) is 0 Å². The predicted molar refractivity (Wildman–Crippen MR) is 255 cm³/mol. The molecule has 0 saturated carbocycles. The highest BCUT2D eigenvalue weighted by Crippen LogP contribution is 2.20. The average Bonchev–Trinajstić information content (AvgIpc) is 3.23. The molecular formula is C53H101NO5. The number of carbonyl (C=O) groups is 2. The SMILES string of the molecule is CCCCCCCCCCC(=CC(=O)OCCCCCCCN(CCCO)CCCCCCCOC(=O)/C=C(\CCCCC)CCCCCCCCCC)CCCCC. The molecule has 348 valence electrons. The molecule has 0 unspecified atom stereocenters. The highest BCUT2D eigenvalue weighted by atomic mass is 16.5. The van der Waals surface area contributed by atoms with E-state index >= 15 is 0 Å². The van der Waals surface area contributed by atoms with Crippen LogP contribution in [0.25, 0.3) is 0 Å². The van der Waals surface area contributed by atoms with Gasteiger partial charge in [0.25, 0.3) is 0 Å². The van der Waals surface area contributed by atoms with Gasteiger partial charge in [0, 0.05) is 25.3 Å². The summed E-state index contributed by atoms with van der Waals surface area (Å²) in [5.74, 6) is -0.282. The molecule has 0 aromatic rings. The first-order valence-corrected chi connectivity index (χ1v) is 26.1. The second kappa shape index (κ2) is 47.4. The first kappa shape index (κ1) is 57.3. The molecule has 59 heavy (non-hydrogen) atoms. The number of unbranched alkanes of at least 4 members (excludes halogenated alkanes) is 26. The molecule has 0 saturated heterocycles. The Labute approximate surface area is 367 Å². The molecule has 0 fully saturated rings. The molecule has 1 N–H and O–H groups in total. The van der Waals surface area contributed by atoms with E-state index in [1.165, 1.54) is 191 Å². The summed E-state index contributed by atoms with van der Waals surface area (Å²) < 4.78 is 11.3. The maximum atomic E-state index is 12.6. The molecule has 0 aliphatic heterocycles. The van der Waals surface area contributed by atoms with Crippen LogP contribution in [0.1, 0.15) is 265 Å². The molecule has 0 aliphatic rings. The van der Waals surface area contributed by atoms with Gasteiger partial charge in [-0.1, -0.05) is 193 Å². The molecule has 0 rings (SSSR count). The Morgan fingerprint density at radius 3 is 1.00 bits per heavy atom. The number of hydrogen-bond acceptors (Lipinski definition) is 6. The second-order valence-electron chi connectivity index (χ2n) is 17.8. The van der Waals surface area contributed by atoms with Crippen LogP contribution in [0.2, 0.25) is 0 Å². The minimum Gasteiger partial charge on any atom is -0.463 e. The number of aliphatic hydroxyl groups excluding tert-OH is 1. The van der Waals surface area contributed by atoms with Gasteiger partial charge in [-0.2, -0.15) is 0 Å². The summed E-state index contributed by atoms with van der Waals surface area (Å²) in [6, 6.07) is 0. The Kier molecular flexibility index (Phi) is 46.1. The van der Waals surface area contributed by atoms with E-state index in [2.05, 4.69) is 32.6 Å². The van der Waals surface area contributed by atoms with Crippen LogP contribution in [0.15, 0.2) is 23.3 Å². The van der Waals surface area contributed by atoms with Crippen LogP contribution in [-0.2, 0) is 19.1 Å². The number of esters is 2. The Morgan fingerprint density at radius 1 is 0.373 bits per heavy atom. The second-order valence-corrected chi connectivity index (χ2v) is 17.8. The summed E-state index contributed by atoms with van der Waals surface area (Å²) in [6.07, 6.45) is 48.0. The molecule has 0 heterocycles. The lowest BCUT2D eigenvalue weighted by Crippen LogP contribution is -2.27. The number of hydrogen-bond donors (Lipinski definition) is 1. The first-order valence-electron chi connectivity index (χ1n) is 26.1. The Balaban J connectivity index is 4.21. The zero-order valence-corrected chi connectivity index (χ0v) is 40.1. The Morgan fingerprint density at radius 2 is 0.644 bits per heavy atom. The van der Waals surface area contributed by atoms with Gasteiger partial charge in [0.05, 0.1) is 13.2 Å². The third-order valence-corrected chi connectivity index (χ3v) is 11.9. The Bertz CT molecular complexity index is 890. The van der Waals surface area contributed by atoms with E-state index in [1.807, 2.05) is 12.2 Å². The standard InChI is InChI=1S/C53H101NO5/c1-5-9-13-15-17-19-23-31-40-50(38-29-11-7-3)48-52(56)58-46-35-27-21-25-33-42-54(44-37-45-55)43-34-26-22-28-36-47-59-53(57)49-51(39-30-12-8-4)41-32-24-20-18-16-14-10-6-2/h48-49,55H,5-47H2,1-4H3/b50-48+,51-49?. The predicted octanol–water partition coefficient (Wildman–Crippen LogP) is 15.7. The molecule has 0 atom stereocenters. The van der Waals surface area contributed by atoms with Gasteiger partial charge in [0.15, 0.2) is 0 Å². The average molecular weight is 832 g/mol. The third-order valence-electron chi connectivity index (χ3n) is 11.9. The lowest BCUT2D eigenvalue weighted by molar-refractivity contribution is -0.138. The maximum absolute atomic E-state index is 12.6. The first-order chi connectivity index (χ1) is 29.0. The fourth-order valence-corrected chi connectivity index (χ4v) is 8.04. The molecule has 0 bridgehead atoms. The van der Waals surface area contributed by atoms with E-state index in [-0.39, 0.29) is 18.5 Å². The van der Waals surface area contributed by atoms with Gasteiger partial charge >= 0.3 is 11.9 Å². The molecule has 0 spiro atoms. The highest BCUT2D eigenvalue weighted by molar-refractivity contribution is 5.83. The molecule has 6 nitrogen and oxygen atoms in total. The normalized spacial score (nSPS) is 12.2. The zero-order valence-electron chi connectivity index (χ0n) is 40.1. The summed E-state index contributed by atoms with van der Waals surface area (Å²) >= 11 is 0. The van der Waals surface area contributed by atoms with Crippen molar-refractivity contribution in [1.29, 1.82) is 0 Å². The summed E-state index contributed by atoms with van der Waals surface area (Å²) in [6.45, 7) is 13.4. The number of aliphatic hydroxyl groups is 1. The fraction of sp³-hybridized carbons (Fsp3) is 0.887. The quantitative estimate of drug-likeness (QED) is 0.0374. The number of ether oxygens (including phenoxy) is 2. The van der Waals surface area contributed by atoms with Gasteiger partial charge in [-0.05, 0) is 96.6 Å². The maximum Gasteiger partial charge on any atom is 0.330 e. The van der Waals surface area contributed by atoms with E-state index in [1.54, 1.807) is 0 Å². The molecule has 6 heteroatoms. The van der Waals surface area contributed by atoms with Crippen molar-refractivity contribution in [3.63, 3.8) is 0 Å². The molecule has 0 aliphatic carbocycles. The van der Waals surface area contributed by atoms with Crippen molar-refractivity contribution >= 4 is 11.9 Å². The summed E-state index contributed by atoms with van der Waals surface area (Å²) in [4.78, 5) is 27.7. The van der Waals surface area contributed by atoms with E-state index in [0.717, 1.165) is 77.4 Å². The number of rotatable bonds is 47. The minimum atomic E-state index is -0.141. The molecule has 0 radical (unpaired) electrons. The van der Waals surface area contributed by atoms with E-state index in [9.17, 15) is 14.7 Å². The topological polar surface area (TPSA) is 76.1 Å². The summed E-state index contributed by atoms with van der Waals surface area (Å²) in [5.41, 5.74) is 2.58. The third kappa shape index (κ3) is 42.8. The van der Waals surface area contributed by atoms with Crippen molar-refractivity contribution in [1.82, 2.24) is 4.90 Å². The van der Waals surface area contributed by atoms with Crippen molar-refractivity contribution in [3.05, 3.63) is 23.3 Å². The van der Waals surface area contributed by atoms with Crippen LogP contribution >= 0.6 is 0 Å². The van der Waals surface area contributed by atoms with Crippen molar-refractivity contribution in [3.8, 4) is 0 Å². The van der Waals surface area contributed by atoms with Gasteiger partial charge in [-0.25, -0.2) is 9.59 Å². The van der Waals surface area contributed by atoms with Gasteiger partial charge in [-0.15, -0.1) is 0 Å². The number of carbonyl (C=O) groups excluding carboxylic acids is 2. The minimum absolute atomic E-state index is 0.141. The molecule has 0 amide bonds. The zero-order chi connectivity index (χ0) is 43.1. The van der Waals surface area contributed by atoms with Crippen molar-refractivity contribution in [2.45, 2.75) is 265 Å². The highest BCUT2D eigenvalue weighted by Gasteiger charge is 2.08. The van der Waals surface area contributed by atoms with Crippen molar-refractivity contribution in [2.24, 2.45) is 0 Å². The largest absolute Gasteiger partial charge is 0.463 e. The van der Waals surface area contributed by atoms with Crippen LogP contribution in [-0.4, -0.2) is 61.4 Å². The summed E-state index contributed by atoms with van der Waals surface area (Å²) in [5, 5.41) is 9.44. The molecule has 0 aromatic carbocycles. The smallest absolute Gasteiger partial charge is 0.330 e. The van der Waals surface area contributed by atoms with Crippen LogP contribution in [0.5, 0.6) is 0 Å². The van der Waals surface area contributed by atoms with Crippen LogP contribution < -0.4 is 0 Å². The van der Waals surface area contributed by atoms with Crippen LogP contribution in [0.3, 0.4) is 0 Å². The van der Waals surface area contributed by atoms with Crippen molar-refractivity contribution in [2.75, 3.05) is 39.5 Å². The fourth-order valence-electron chi connectivity index (χ4n) is 8.04. The molecule has 0 aromatic heterocycles. The van der Waals surface area contributed by atoms with E-state index in [4.69, 9.17) is 9.47 Å². The van der Waals surface area contributed by atoms with Gasteiger partial charge in [0.2, 0.25) is 0 Å². The monoisotopic (exact) mass is 832 g/mol. The van der Waals surface area contributed by atoms with E-state index < -0.39 is 0 Å². The van der Waals surface area contributed by atoms with Gasteiger partial charge < -0.3 is 19.5 Å². The Hall–Kier alpha value is -1.66. The lowest BCUT2D eigenvalue weighted by atomic mass is 10.00. The van der Waals surface area contributed by atoms with Gasteiger partial charge in [-0.3, -0.25) is 0 Å². The lowest BCUT2D eigenvalue weighted by Gasteiger charge is -2.22. The van der Waals surface area contributed by atoms with Crippen LogP contribution in [0.4, 0.5) is 0 Å². The van der Waals surface area contributed by atoms with E-state index in [0.29, 0.717) is 13.2 Å². The number of nitrogens with zero attached hydrogens (tertiary/aromatic N) is 1.